The third-order valence-corrected chi connectivity index (χ3v) is 6.27. The first-order valence-electron chi connectivity index (χ1n) is 10.9. The van der Waals surface area contributed by atoms with Gasteiger partial charge in [-0.05, 0) is 19.1 Å². The van der Waals surface area contributed by atoms with Crippen molar-refractivity contribution in [3.8, 4) is 5.75 Å². The molecule has 2 amide bonds. The summed E-state index contributed by atoms with van der Waals surface area (Å²) in [5, 5.41) is 6.19. The van der Waals surface area contributed by atoms with Crippen molar-refractivity contribution in [3.63, 3.8) is 0 Å². The van der Waals surface area contributed by atoms with E-state index in [4.69, 9.17) is 16.3 Å². The minimum absolute atomic E-state index is 0.0348. The maximum atomic E-state index is 12.7. The molecule has 0 aliphatic carbocycles. The molecule has 2 atom stereocenters. The Morgan fingerprint density at radius 2 is 1.97 bits per heavy atom. The zero-order valence-electron chi connectivity index (χ0n) is 18.1. The Kier molecular flexibility index (Phi) is 5.86. The van der Waals surface area contributed by atoms with Gasteiger partial charge in [0.05, 0.1) is 16.3 Å². The minimum Gasteiger partial charge on any atom is -0.482 e. The second kappa shape index (κ2) is 8.95. The second-order valence-corrected chi connectivity index (χ2v) is 8.77. The number of halogens is 1. The van der Waals surface area contributed by atoms with Crippen LogP contribution in [0.1, 0.15) is 18.4 Å². The number of aliphatic imine (C=N–C) groups is 1. The highest BCUT2D eigenvalue weighted by atomic mass is 35.5. The van der Waals surface area contributed by atoms with E-state index in [0.29, 0.717) is 22.3 Å². The summed E-state index contributed by atoms with van der Waals surface area (Å²) >= 11 is 6.24. The Bertz CT molecular complexity index is 1120. The summed E-state index contributed by atoms with van der Waals surface area (Å²) in [5.74, 6) is 0.600. The van der Waals surface area contributed by atoms with E-state index in [1.165, 1.54) is 6.33 Å². The largest absolute Gasteiger partial charge is 0.482 e. The number of aromatic nitrogens is 2. The molecule has 1 fully saturated rings. The van der Waals surface area contributed by atoms with Crippen LogP contribution in [-0.2, 0) is 9.59 Å². The molecule has 1 aromatic carbocycles. The predicted octanol–water partition coefficient (Wildman–Crippen LogP) is 1.59. The number of carbonyl (C=O) groups is 2. The first-order chi connectivity index (χ1) is 16.0. The quantitative estimate of drug-likeness (QED) is 0.602. The van der Waals surface area contributed by atoms with Crippen LogP contribution in [0.4, 0.5) is 17.3 Å². The van der Waals surface area contributed by atoms with Crippen molar-refractivity contribution in [2.45, 2.75) is 18.9 Å². The molecule has 4 bridgehead atoms. The van der Waals surface area contributed by atoms with E-state index in [0.717, 1.165) is 44.1 Å². The van der Waals surface area contributed by atoms with Gasteiger partial charge in [-0.2, -0.15) is 0 Å². The molecular weight excluding hydrogens is 446 g/mol. The van der Waals surface area contributed by atoms with Gasteiger partial charge in [-0.1, -0.05) is 11.6 Å². The van der Waals surface area contributed by atoms with Gasteiger partial charge < -0.3 is 20.3 Å². The lowest BCUT2D eigenvalue weighted by molar-refractivity contribution is -0.123. The Morgan fingerprint density at radius 3 is 2.79 bits per heavy atom. The number of fused-ring (bicyclic) bond motifs is 7. The van der Waals surface area contributed by atoms with Gasteiger partial charge in [0.2, 0.25) is 5.91 Å². The van der Waals surface area contributed by atoms with E-state index >= 15 is 0 Å². The van der Waals surface area contributed by atoms with Gasteiger partial charge in [0.25, 0.3) is 5.91 Å². The summed E-state index contributed by atoms with van der Waals surface area (Å²) in [7, 11) is 0. The summed E-state index contributed by atoms with van der Waals surface area (Å²) in [6.45, 7) is 5.70. The van der Waals surface area contributed by atoms with Crippen LogP contribution in [0.3, 0.4) is 0 Å². The Balaban J connectivity index is 1.52. The normalized spacial score (nSPS) is 24.9. The van der Waals surface area contributed by atoms with E-state index < -0.39 is 5.92 Å². The van der Waals surface area contributed by atoms with Crippen molar-refractivity contribution in [2.24, 2.45) is 4.99 Å². The Hall–Kier alpha value is -3.24. The van der Waals surface area contributed by atoms with Crippen LogP contribution in [0, 0.1) is 0 Å². The zero-order chi connectivity index (χ0) is 22.9. The molecule has 33 heavy (non-hydrogen) atoms. The van der Waals surface area contributed by atoms with Crippen LogP contribution >= 0.6 is 11.6 Å². The van der Waals surface area contributed by atoms with E-state index in [2.05, 4.69) is 35.4 Å². The van der Waals surface area contributed by atoms with Crippen LogP contribution < -0.4 is 20.3 Å². The van der Waals surface area contributed by atoms with Gasteiger partial charge in [0.1, 0.15) is 29.6 Å². The summed E-state index contributed by atoms with van der Waals surface area (Å²) in [6.07, 6.45) is 3.07. The summed E-state index contributed by atoms with van der Waals surface area (Å²) in [6, 6.07) is 4.98. The van der Waals surface area contributed by atoms with Gasteiger partial charge in [-0.15, -0.1) is 0 Å². The average Bonchev–Trinajstić information content (AvgIpc) is 3.12. The maximum Gasteiger partial charge on any atom is 0.258 e. The Morgan fingerprint density at radius 1 is 1.15 bits per heavy atom. The molecule has 5 heterocycles. The molecule has 172 valence electrons. The van der Waals surface area contributed by atoms with E-state index in [9.17, 15) is 9.59 Å². The number of carbonyl (C=O) groups excluding carboxylic acids is 2. The third-order valence-electron chi connectivity index (χ3n) is 5.96. The number of nitrogens with one attached hydrogen (secondary N) is 2. The summed E-state index contributed by atoms with van der Waals surface area (Å²) < 4.78 is 5.65. The smallest absolute Gasteiger partial charge is 0.258 e. The summed E-state index contributed by atoms with van der Waals surface area (Å²) in [5.41, 5.74) is 1.30. The average molecular weight is 470 g/mol. The number of piperazine rings is 1. The molecule has 1 unspecified atom stereocenters. The fraction of sp³-hybridized carbons (Fsp3) is 0.409. The highest BCUT2D eigenvalue weighted by Crippen LogP contribution is 2.37. The van der Waals surface area contributed by atoms with Crippen molar-refractivity contribution in [2.75, 3.05) is 49.5 Å². The van der Waals surface area contributed by atoms with Crippen LogP contribution in [0.15, 0.2) is 29.5 Å². The molecule has 0 spiro atoms. The predicted molar refractivity (Wildman–Crippen MR) is 125 cm³/mol. The van der Waals surface area contributed by atoms with Crippen molar-refractivity contribution >= 4 is 47.0 Å². The number of hydrogen-bond acceptors (Lipinski definition) is 8. The van der Waals surface area contributed by atoms with E-state index in [1.807, 2.05) is 6.92 Å². The van der Waals surface area contributed by atoms with Crippen molar-refractivity contribution in [1.29, 1.82) is 0 Å². The highest BCUT2D eigenvalue weighted by Gasteiger charge is 2.36. The first kappa shape index (κ1) is 21.6. The third kappa shape index (κ3) is 4.49. The molecule has 10 nitrogen and oxygen atoms in total. The molecule has 2 aromatic rings. The standard InChI is InChI=1S/C22H24ClN7O3/c1-13-10-29-4-6-30(7-5-29)21-19-15(22(32)28-20(19)25-12-26-21)9-24-14-2-3-16(23)17(8-14)33-11-18(31)27-13/h2-3,8-9,12-13,15H,4-7,10-11H2,1H3,(H,27,31)(H,25,26,28,32)/t13-,15?/m0/s1. The SMILES string of the molecule is C[C@H]1CN2CCN(CC2)c2ncnc3c2C(C=Nc2ccc(Cl)c(c2)OCC(=O)N1)C(=O)N3. The van der Waals surface area contributed by atoms with Crippen molar-refractivity contribution in [3.05, 3.63) is 35.1 Å². The fourth-order valence-electron chi connectivity index (χ4n) is 4.37. The molecule has 1 aromatic heterocycles. The monoisotopic (exact) mass is 469 g/mol. The molecule has 6 rings (SSSR count). The molecule has 2 N–H and O–H groups in total. The number of amides is 2. The second-order valence-electron chi connectivity index (χ2n) is 8.36. The van der Waals surface area contributed by atoms with E-state index in [-0.39, 0.29) is 24.5 Å². The zero-order valence-corrected chi connectivity index (χ0v) is 18.9. The molecule has 0 radical (unpaired) electrons. The number of ether oxygens (including phenoxy) is 1. The van der Waals surface area contributed by atoms with Gasteiger partial charge in [-0.25, -0.2) is 9.97 Å². The lowest BCUT2D eigenvalue weighted by Crippen LogP contribution is -2.51. The van der Waals surface area contributed by atoms with Crippen molar-refractivity contribution < 1.29 is 14.3 Å². The van der Waals surface area contributed by atoms with E-state index in [1.54, 1.807) is 24.4 Å². The van der Waals surface area contributed by atoms with Crippen LogP contribution in [0.25, 0.3) is 0 Å². The van der Waals surface area contributed by atoms with Gasteiger partial charge in [0, 0.05) is 51.0 Å². The number of rotatable bonds is 0. The summed E-state index contributed by atoms with van der Waals surface area (Å²) in [4.78, 5) is 42.9. The molecule has 4 aliphatic rings. The topological polar surface area (TPSA) is 112 Å². The minimum atomic E-state index is -0.612. The molecular formula is C22H24ClN7O3. The van der Waals surface area contributed by atoms with Crippen LogP contribution in [0.5, 0.6) is 5.75 Å². The molecule has 4 aliphatic heterocycles. The number of hydrogen-bond donors (Lipinski definition) is 2. The van der Waals surface area contributed by atoms with Gasteiger partial charge in [-0.3, -0.25) is 19.5 Å². The highest BCUT2D eigenvalue weighted by molar-refractivity contribution is 6.32. The lowest BCUT2D eigenvalue weighted by atomic mass is 10.0. The molecule has 11 heteroatoms. The number of benzene rings is 1. The first-order valence-corrected chi connectivity index (χ1v) is 11.2. The van der Waals surface area contributed by atoms with Crippen LogP contribution in [0.2, 0.25) is 5.02 Å². The maximum absolute atomic E-state index is 12.7. The van der Waals surface area contributed by atoms with Gasteiger partial charge >= 0.3 is 0 Å². The van der Waals surface area contributed by atoms with Crippen molar-refractivity contribution in [1.82, 2.24) is 20.2 Å². The molecule has 1 saturated heterocycles. The fourth-order valence-corrected chi connectivity index (χ4v) is 4.54. The molecule has 0 saturated carbocycles. The number of anilines is 2. The lowest BCUT2D eigenvalue weighted by Gasteiger charge is -2.37. The van der Waals surface area contributed by atoms with Crippen LogP contribution in [-0.4, -0.2) is 78.3 Å². The Labute approximate surface area is 196 Å². The number of nitrogens with zero attached hydrogens (tertiary/aromatic N) is 5. The van der Waals surface area contributed by atoms with Gasteiger partial charge in [0.15, 0.2) is 6.61 Å².